The van der Waals surface area contributed by atoms with E-state index in [9.17, 15) is 4.79 Å². The molecule has 0 saturated carbocycles. The molecule has 0 saturated heterocycles. The highest BCUT2D eigenvalue weighted by molar-refractivity contribution is 5.98. The van der Waals surface area contributed by atoms with Crippen LogP contribution in [-0.4, -0.2) is 35.2 Å². The predicted molar refractivity (Wildman–Crippen MR) is 162 cm³/mol. The number of hydrogen-bond acceptors (Lipinski definition) is 5. The summed E-state index contributed by atoms with van der Waals surface area (Å²) in [4.78, 5) is 20.7. The first-order valence-corrected chi connectivity index (χ1v) is 14.8. The molecule has 0 amide bonds. The van der Waals surface area contributed by atoms with Gasteiger partial charge in [-0.3, -0.25) is 4.98 Å². The van der Waals surface area contributed by atoms with Gasteiger partial charge in [-0.2, -0.15) is 0 Å². The zero-order valence-electron chi connectivity index (χ0n) is 24.5. The number of benzene rings is 2. The van der Waals surface area contributed by atoms with Gasteiger partial charge in [0.1, 0.15) is 11.4 Å². The molecular weight excluding hydrogens is 498 g/mol. The molecule has 0 spiro atoms. The number of nitrogens with zero attached hydrogens (tertiary/aromatic N) is 3. The zero-order chi connectivity index (χ0) is 28.3. The lowest BCUT2D eigenvalue weighted by Crippen LogP contribution is -2.32. The van der Waals surface area contributed by atoms with Gasteiger partial charge in [-0.25, -0.2) is 4.79 Å². The molecule has 1 aliphatic rings. The first-order valence-electron chi connectivity index (χ1n) is 14.8. The minimum atomic E-state index is -1.24. The molecule has 6 heteroatoms. The van der Waals surface area contributed by atoms with E-state index in [0.29, 0.717) is 23.6 Å². The molecule has 1 unspecified atom stereocenters. The number of rotatable bonds is 12. The van der Waals surface area contributed by atoms with Crippen molar-refractivity contribution in [3.8, 4) is 5.75 Å². The van der Waals surface area contributed by atoms with Crippen molar-refractivity contribution in [2.45, 2.75) is 72.4 Å². The van der Waals surface area contributed by atoms with E-state index in [2.05, 4.69) is 79.6 Å². The van der Waals surface area contributed by atoms with Crippen LogP contribution in [0.5, 0.6) is 5.75 Å². The smallest absolute Gasteiger partial charge is 0.341 e. The summed E-state index contributed by atoms with van der Waals surface area (Å²) in [6, 6.07) is 18.3. The van der Waals surface area contributed by atoms with E-state index in [1.165, 1.54) is 19.3 Å². The Morgan fingerprint density at radius 3 is 2.52 bits per heavy atom. The third-order valence-electron chi connectivity index (χ3n) is 8.20. The van der Waals surface area contributed by atoms with Crippen molar-refractivity contribution in [1.29, 1.82) is 0 Å². The Bertz CT molecular complexity index is 1500. The number of pyridine rings is 1. The van der Waals surface area contributed by atoms with E-state index in [1.54, 1.807) is 12.3 Å². The van der Waals surface area contributed by atoms with E-state index in [4.69, 9.17) is 14.5 Å². The molecule has 1 aliphatic heterocycles. The lowest BCUT2D eigenvalue weighted by Gasteiger charge is -2.32. The Hall–Kier alpha value is -3.80. The Kier molecular flexibility index (Phi) is 8.15. The second-order valence-corrected chi connectivity index (χ2v) is 10.4. The molecule has 3 heterocycles. The molecule has 2 aromatic heterocycles. The van der Waals surface area contributed by atoms with Crippen molar-refractivity contribution in [2.75, 3.05) is 24.6 Å². The third kappa shape index (κ3) is 4.53. The SMILES string of the molecule is CCCCCCn1c(C)c(C2(c3ccc(N(CC)CC)cc3OCC)OC(=O)c3cccnc32)c2ccccc21. The van der Waals surface area contributed by atoms with Gasteiger partial charge in [0.2, 0.25) is 5.60 Å². The second-order valence-electron chi connectivity index (χ2n) is 10.4. The molecule has 0 N–H and O–H groups in total. The van der Waals surface area contributed by atoms with Gasteiger partial charge in [0, 0.05) is 65.3 Å². The summed E-state index contributed by atoms with van der Waals surface area (Å²) in [7, 11) is 0. The van der Waals surface area contributed by atoms with Gasteiger partial charge < -0.3 is 18.9 Å². The molecule has 0 aliphatic carbocycles. The van der Waals surface area contributed by atoms with E-state index < -0.39 is 5.60 Å². The highest BCUT2D eigenvalue weighted by atomic mass is 16.6. The van der Waals surface area contributed by atoms with E-state index in [-0.39, 0.29) is 5.97 Å². The average Bonchev–Trinajstić information content (AvgIpc) is 3.43. The van der Waals surface area contributed by atoms with Gasteiger partial charge in [0.25, 0.3) is 0 Å². The van der Waals surface area contributed by atoms with Crippen molar-refractivity contribution in [3.05, 3.63) is 88.9 Å². The molecule has 210 valence electrons. The van der Waals surface area contributed by atoms with Gasteiger partial charge >= 0.3 is 5.97 Å². The maximum Gasteiger partial charge on any atom is 0.341 e. The van der Waals surface area contributed by atoms with Crippen LogP contribution >= 0.6 is 0 Å². The number of fused-ring (bicyclic) bond motifs is 2. The highest BCUT2D eigenvalue weighted by Crippen LogP contribution is 2.53. The number of anilines is 1. The number of aromatic nitrogens is 2. The lowest BCUT2D eigenvalue weighted by atomic mass is 9.80. The minimum absolute atomic E-state index is 0.363. The average molecular weight is 540 g/mol. The quantitative estimate of drug-likeness (QED) is 0.137. The predicted octanol–water partition coefficient (Wildman–Crippen LogP) is 7.63. The first kappa shape index (κ1) is 27.8. The maximum absolute atomic E-state index is 13.5. The highest BCUT2D eigenvalue weighted by Gasteiger charge is 2.54. The monoisotopic (exact) mass is 539 g/mol. The minimum Gasteiger partial charge on any atom is -0.493 e. The zero-order valence-corrected chi connectivity index (χ0v) is 24.5. The number of unbranched alkanes of at least 4 members (excludes halogenated alkanes) is 3. The van der Waals surface area contributed by atoms with Crippen molar-refractivity contribution < 1.29 is 14.3 Å². The summed E-state index contributed by atoms with van der Waals surface area (Å²) < 4.78 is 15.3. The molecule has 6 nitrogen and oxygen atoms in total. The molecule has 0 bridgehead atoms. The first-order chi connectivity index (χ1) is 19.5. The van der Waals surface area contributed by atoms with Gasteiger partial charge in [-0.15, -0.1) is 0 Å². The number of aryl methyl sites for hydroxylation is 1. The number of para-hydroxylation sites is 1. The molecular formula is C34H41N3O3. The standard InChI is InChI=1S/C34H41N3O3/c1-6-10-11-14-22-37-24(5)31(26-16-12-13-18-29(26)37)34(32-27(33(38)40-34)17-15-21-35-32)28-20-19-25(36(7-2)8-3)23-30(28)39-9-4/h12-13,15-21,23H,6-11,14,22H2,1-5H3. The summed E-state index contributed by atoms with van der Waals surface area (Å²) in [5.41, 5.74) is 4.94. The topological polar surface area (TPSA) is 56.6 Å². The fraction of sp³-hybridized carbons (Fsp3) is 0.412. The Morgan fingerprint density at radius 1 is 0.975 bits per heavy atom. The summed E-state index contributed by atoms with van der Waals surface area (Å²) >= 11 is 0. The van der Waals surface area contributed by atoms with Crippen molar-refractivity contribution in [1.82, 2.24) is 9.55 Å². The van der Waals surface area contributed by atoms with Crippen LogP contribution in [-0.2, 0) is 16.9 Å². The summed E-state index contributed by atoms with van der Waals surface area (Å²) in [5.74, 6) is 0.343. The van der Waals surface area contributed by atoms with E-state index in [0.717, 1.165) is 59.5 Å². The van der Waals surface area contributed by atoms with Gasteiger partial charge in [0.15, 0.2) is 0 Å². The van der Waals surface area contributed by atoms with Gasteiger partial charge in [-0.05, 0) is 64.4 Å². The number of esters is 1. The van der Waals surface area contributed by atoms with Crippen molar-refractivity contribution in [2.24, 2.45) is 0 Å². The van der Waals surface area contributed by atoms with E-state index in [1.807, 2.05) is 13.0 Å². The van der Waals surface area contributed by atoms with Crippen LogP contribution < -0.4 is 9.64 Å². The molecule has 1 atom stereocenters. The summed E-state index contributed by atoms with van der Waals surface area (Å²) in [6.07, 6.45) is 6.45. The van der Waals surface area contributed by atoms with Crippen molar-refractivity contribution in [3.63, 3.8) is 0 Å². The van der Waals surface area contributed by atoms with Gasteiger partial charge in [0.05, 0.1) is 12.2 Å². The van der Waals surface area contributed by atoms with Crippen LogP contribution in [0, 0.1) is 6.92 Å². The Labute approximate surface area is 237 Å². The maximum atomic E-state index is 13.5. The number of cyclic esters (lactones) is 1. The molecule has 4 aromatic rings. The van der Waals surface area contributed by atoms with Crippen LogP contribution in [0.4, 0.5) is 5.69 Å². The second kappa shape index (κ2) is 11.7. The van der Waals surface area contributed by atoms with Crippen LogP contribution in [0.3, 0.4) is 0 Å². The number of carbonyl (C=O) groups excluding carboxylic acids is 1. The Morgan fingerprint density at radius 2 is 1.77 bits per heavy atom. The van der Waals surface area contributed by atoms with Crippen LogP contribution in [0.25, 0.3) is 10.9 Å². The Balaban J connectivity index is 1.82. The largest absolute Gasteiger partial charge is 0.493 e. The third-order valence-corrected chi connectivity index (χ3v) is 8.20. The fourth-order valence-corrected chi connectivity index (χ4v) is 6.30. The molecule has 0 fully saturated rings. The van der Waals surface area contributed by atoms with Crippen LogP contribution in [0.2, 0.25) is 0 Å². The normalized spacial score (nSPS) is 16.3. The van der Waals surface area contributed by atoms with Crippen LogP contribution in [0.1, 0.15) is 86.3 Å². The number of carbonyl (C=O) groups is 1. The van der Waals surface area contributed by atoms with Crippen LogP contribution in [0.15, 0.2) is 60.8 Å². The molecule has 0 radical (unpaired) electrons. The summed E-state index contributed by atoms with van der Waals surface area (Å²) in [6.45, 7) is 13.8. The number of hydrogen-bond donors (Lipinski definition) is 0. The van der Waals surface area contributed by atoms with E-state index >= 15 is 0 Å². The number of ether oxygens (including phenoxy) is 2. The summed E-state index contributed by atoms with van der Waals surface area (Å²) in [5, 5.41) is 1.07. The lowest BCUT2D eigenvalue weighted by molar-refractivity contribution is 0.0238. The molecule has 5 rings (SSSR count). The van der Waals surface area contributed by atoms with Gasteiger partial charge in [-0.1, -0.05) is 44.4 Å². The van der Waals surface area contributed by atoms with Crippen molar-refractivity contribution >= 4 is 22.6 Å². The molecule has 2 aromatic carbocycles. The fourth-order valence-electron chi connectivity index (χ4n) is 6.30. The molecule has 40 heavy (non-hydrogen) atoms.